The number of nitrogens with zero attached hydrogens (tertiary/aromatic N) is 4. The Morgan fingerprint density at radius 1 is 1.13 bits per heavy atom. The van der Waals surface area contributed by atoms with Gasteiger partial charge in [-0.2, -0.15) is 0 Å². The zero-order valence-electron chi connectivity index (χ0n) is 13.0. The van der Waals surface area contributed by atoms with E-state index in [0.29, 0.717) is 26.3 Å². The van der Waals surface area contributed by atoms with E-state index < -0.39 is 0 Å². The predicted octanol–water partition coefficient (Wildman–Crippen LogP) is 1.31. The zero-order valence-corrected chi connectivity index (χ0v) is 13.0. The van der Waals surface area contributed by atoms with Crippen molar-refractivity contribution in [1.29, 1.82) is 0 Å². The van der Waals surface area contributed by atoms with Crippen LogP contribution in [0.25, 0.3) is 10.9 Å². The third-order valence-corrected chi connectivity index (χ3v) is 4.68. The molecule has 1 aromatic heterocycles. The van der Waals surface area contributed by atoms with Gasteiger partial charge in [-0.1, -0.05) is 12.1 Å². The first-order valence-electron chi connectivity index (χ1n) is 8.14. The summed E-state index contributed by atoms with van der Waals surface area (Å²) in [6.07, 6.45) is 2.49. The van der Waals surface area contributed by atoms with Crippen LogP contribution in [-0.4, -0.2) is 60.2 Å². The van der Waals surface area contributed by atoms with E-state index in [9.17, 15) is 4.79 Å². The Hall–Kier alpha value is -2.21. The maximum atomic E-state index is 12.7. The smallest absolute Gasteiger partial charge is 0.227 e. The number of morpholine rings is 1. The second-order valence-corrected chi connectivity index (χ2v) is 6.08. The highest BCUT2D eigenvalue weighted by Crippen LogP contribution is 2.28. The second kappa shape index (κ2) is 6.12. The first-order chi connectivity index (χ1) is 11.3. The van der Waals surface area contributed by atoms with Crippen molar-refractivity contribution in [3.8, 4) is 0 Å². The molecule has 3 heterocycles. The monoisotopic (exact) mass is 312 g/mol. The summed E-state index contributed by atoms with van der Waals surface area (Å²) >= 11 is 0. The minimum absolute atomic E-state index is 0.0572. The Labute approximate surface area is 135 Å². The van der Waals surface area contributed by atoms with Gasteiger partial charge in [0.15, 0.2) is 0 Å². The number of hydrogen-bond acceptors (Lipinski definition) is 5. The van der Waals surface area contributed by atoms with Crippen LogP contribution in [0.2, 0.25) is 0 Å². The van der Waals surface area contributed by atoms with Crippen molar-refractivity contribution in [3.63, 3.8) is 0 Å². The Kier molecular flexibility index (Phi) is 3.83. The van der Waals surface area contributed by atoms with Crippen LogP contribution in [0.1, 0.15) is 6.42 Å². The maximum absolute atomic E-state index is 12.7. The summed E-state index contributed by atoms with van der Waals surface area (Å²) in [6.45, 7) is 4.33. The van der Waals surface area contributed by atoms with Gasteiger partial charge in [0, 0.05) is 31.6 Å². The van der Waals surface area contributed by atoms with Gasteiger partial charge in [0.25, 0.3) is 0 Å². The van der Waals surface area contributed by atoms with Gasteiger partial charge in [-0.25, -0.2) is 9.97 Å². The topological polar surface area (TPSA) is 58.6 Å². The number of rotatable bonds is 2. The van der Waals surface area contributed by atoms with Crippen molar-refractivity contribution < 1.29 is 9.53 Å². The van der Waals surface area contributed by atoms with Gasteiger partial charge in [-0.15, -0.1) is 0 Å². The molecule has 4 rings (SSSR count). The highest BCUT2D eigenvalue weighted by Gasteiger charge is 2.33. The normalized spacial score (nSPS) is 21.8. The standard InChI is InChI=1S/C17H20N4O2/c22-17(20-7-9-23-10-8-20)13-5-6-21(11-13)16-14-3-1-2-4-15(14)18-12-19-16/h1-4,12-13H,5-11H2. The summed E-state index contributed by atoms with van der Waals surface area (Å²) in [5.74, 6) is 1.25. The lowest BCUT2D eigenvalue weighted by molar-refractivity contribution is -0.138. The van der Waals surface area contributed by atoms with E-state index in [2.05, 4.69) is 14.9 Å². The minimum Gasteiger partial charge on any atom is -0.378 e. The Bertz CT molecular complexity index is 709. The van der Waals surface area contributed by atoms with Crippen LogP contribution in [0, 0.1) is 5.92 Å². The van der Waals surface area contributed by atoms with Crippen LogP contribution in [0.4, 0.5) is 5.82 Å². The van der Waals surface area contributed by atoms with E-state index in [4.69, 9.17) is 4.74 Å². The summed E-state index contributed by atoms with van der Waals surface area (Å²) in [7, 11) is 0. The van der Waals surface area contributed by atoms with Gasteiger partial charge >= 0.3 is 0 Å². The van der Waals surface area contributed by atoms with Gasteiger partial charge in [-0.3, -0.25) is 4.79 Å². The fourth-order valence-electron chi connectivity index (χ4n) is 3.44. The van der Waals surface area contributed by atoms with Crippen molar-refractivity contribution in [1.82, 2.24) is 14.9 Å². The average molecular weight is 312 g/mol. The fourth-order valence-corrected chi connectivity index (χ4v) is 3.44. The van der Waals surface area contributed by atoms with Gasteiger partial charge in [0.2, 0.25) is 5.91 Å². The van der Waals surface area contributed by atoms with Gasteiger partial charge in [-0.05, 0) is 18.6 Å². The molecule has 2 aliphatic rings. The lowest BCUT2D eigenvalue weighted by Gasteiger charge is -2.29. The molecule has 1 atom stereocenters. The highest BCUT2D eigenvalue weighted by atomic mass is 16.5. The lowest BCUT2D eigenvalue weighted by Crippen LogP contribution is -2.44. The van der Waals surface area contributed by atoms with Gasteiger partial charge in [0.05, 0.1) is 24.6 Å². The van der Waals surface area contributed by atoms with Crippen molar-refractivity contribution in [2.24, 2.45) is 5.92 Å². The molecule has 2 aliphatic heterocycles. The molecule has 0 spiro atoms. The molecule has 6 nitrogen and oxygen atoms in total. The van der Waals surface area contributed by atoms with Crippen LogP contribution in [0.3, 0.4) is 0 Å². The number of anilines is 1. The van der Waals surface area contributed by atoms with E-state index in [1.54, 1.807) is 6.33 Å². The number of para-hydroxylation sites is 1. The summed E-state index contributed by atoms with van der Waals surface area (Å²) in [5.41, 5.74) is 0.945. The number of hydrogen-bond donors (Lipinski definition) is 0. The van der Waals surface area contributed by atoms with Crippen molar-refractivity contribution in [2.75, 3.05) is 44.3 Å². The SMILES string of the molecule is O=C(C1CCN(c2ncnc3ccccc23)C1)N1CCOCC1. The van der Waals surface area contributed by atoms with E-state index in [-0.39, 0.29) is 11.8 Å². The lowest BCUT2D eigenvalue weighted by atomic mass is 10.1. The molecule has 1 amide bonds. The zero-order chi connectivity index (χ0) is 15.6. The van der Waals surface area contributed by atoms with Crippen LogP contribution < -0.4 is 4.90 Å². The number of fused-ring (bicyclic) bond motifs is 1. The molecule has 2 aromatic rings. The second-order valence-electron chi connectivity index (χ2n) is 6.08. The first kappa shape index (κ1) is 14.4. The maximum Gasteiger partial charge on any atom is 0.227 e. The molecule has 0 N–H and O–H groups in total. The molecule has 2 saturated heterocycles. The molecule has 1 aromatic carbocycles. The Morgan fingerprint density at radius 2 is 1.96 bits per heavy atom. The molecule has 120 valence electrons. The molecule has 2 fully saturated rings. The summed E-state index contributed by atoms with van der Waals surface area (Å²) < 4.78 is 5.33. The van der Waals surface area contributed by atoms with E-state index >= 15 is 0 Å². The van der Waals surface area contributed by atoms with Crippen molar-refractivity contribution in [3.05, 3.63) is 30.6 Å². The third-order valence-electron chi connectivity index (χ3n) is 4.68. The summed E-state index contributed by atoms with van der Waals surface area (Å²) in [5, 5.41) is 1.05. The third kappa shape index (κ3) is 2.74. The van der Waals surface area contributed by atoms with Crippen LogP contribution >= 0.6 is 0 Å². The van der Waals surface area contributed by atoms with Crippen LogP contribution in [-0.2, 0) is 9.53 Å². The molecule has 23 heavy (non-hydrogen) atoms. The average Bonchev–Trinajstić information content (AvgIpc) is 3.11. The first-order valence-corrected chi connectivity index (χ1v) is 8.14. The summed E-state index contributed by atoms with van der Waals surface area (Å²) in [6, 6.07) is 8.02. The van der Waals surface area contributed by atoms with E-state index in [1.165, 1.54) is 0 Å². The number of ether oxygens (including phenoxy) is 1. The summed E-state index contributed by atoms with van der Waals surface area (Å²) in [4.78, 5) is 25.6. The number of carbonyl (C=O) groups excluding carboxylic acids is 1. The number of benzene rings is 1. The van der Waals surface area contributed by atoms with E-state index in [0.717, 1.165) is 36.2 Å². The van der Waals surface area contributed by atoms with Gasteiger partial charge < -0.3 is 14.5 Å². The molecule has 6 heteroatoms. The van der Waals surface area contributed by atoms with Gasteiger partial charge in [0.1, 0.15) is 12.1 Å². The highest BCUT2D eigenvalue weighted by molar-refractivity contribution is 5.90. The van der Waals surface area contributed by atoms with Crippen molar-refractivity contribution >= 4 is 22.6 Å². The fraction of sp³-hybridized carbons (Fsp3) is 0.471. The minimum atomic E-state index is 0.0572. The molecular weight excluding hydrogens is 292 g/mol. The predicted molar refractivity (Wildman–Crippen MR) is 87.3 cm³/mol. The largest absolute Gasteiger partial charge is 0.378 e. The van der Waals surface area contributed by atoms with Crippen LogP contribution in [0.5, 0.6) is 0 Å². The molecule has 0 bridgehead atoms. The Morgan fingerprint density at radius 3 is 2.83 bits per heavy atom. The molecule has 0 radical (unpaired) electrons. The quantitative estimate of drug-likeness (QED) is 0.837. The number of carbonyl (C=O) groups is 1. The number of amides is 1. The van der Waals surface area contributed by atoms with Crippen molar-refractivity contribution in [2.45, 2.75) is 6.42 Å². The molecule has 1 unspecified atom stereocenters. The number of aromatic nitrogens is 2. The van der Waals surface area contributed by atoms with E-state index in [1.807, 2.05) is 29.2 Å². The molecular formula is C17H20N4O2. The van der Waals surface area contributed by atoms with Crippen LogP contribution in [0.15, 0.2) is 30.6 Å². The molecule has 0 saturated carbocycles. The molecule has 0 aliphatic carbocycles. The Balaban J connectivity index is 1.52.